The van der Waals surface area contributed by atoms with Crippen LogP contribution in [0.4, 0.5) is 5.95 Å². The topological polar surface area (TPSA) is 47.0 Å². The van der Waals surface area contributed by atoms with E-state index in [4.69, 9.17) is 16.3 Å². The number of alkyl halides is 1. The van der Waals surface area contributed by atoms with Crippen molar-refractivity contribution in [3.05, 3.63) is 10.7 Å². The molecule has 0 saturated heterocycles. The van der Waals surface area contributed by atoms with Crippen molar-refractivity contribution in [1.29, 1.82) is 0 Å². The molecule has 1 aromatic rings. The number of ether oxygens (including phenoxy) is 1. The lowest BCUT2D eigenvalue weighted by atomic mass is 9.85. The minimum absolute atomic E-state index is 0.0819. The van der Waals surface area contributed by atoms with E-state index in [1.165, 1.54) is 0 Å². The fourth-order valence-corrected chi connectivity index (χ4v) is 2.12. The van der Waals surface area contributed by atoms with E-state index in [2.05, 4.69) is 52.0 Å². The van der Waals surface area contributed by atoms with Gasteiger partial charge in [-0.2, -0.15) is 4.98 Å². The first-order valence-electron chi connectivity index (χ1n) is 5.77. The van der Waals surface area contributed by atoms with Gasteiger partial charge in [0.25, 0.3) is 0 Å². The third kappa shape index (κ3) is 4.28. The molecule has 0 fully saturated rings. The fourth-order valence-electron chi connectivity index (χ4n) is 1.55. The Kier molecular flexibility index (Phi) is 5.66. The summed E-state index contributed by atoms with van der Waals surface area (Å²) < 4.78 is 5.89. The highest BCUT2D eigenvalue weighted by Crippen LogP contribution is 2.27. The van der Waals surface area contributed by atoms with Crippen LogP contribution < -0.4 is 10.1 Å². The van der Waals surface area contributed by atoms with Gasteiger partial charge in [0.05, 0.1) is 17.8 Å². The van der Waals surface area contributed by atoms with Gasteiger partial charge < -0.3 is 10.1 Å². The second kappa shape index (κ2) is 6.57. The molecule has 1 atom stereocenters. The summed E-state index contributed by atoms with van der Waals surface area (Å²) in [6.07, 6.45) is 2.53. The molecule has 0 aliphatic rings. The Labute approximate surface area is 122 Å². The molecule has 1 unspecified atom stereocenters. The molecule has 4 nitrogen and oxygen atoms in total. The van der Waals surface area contributed by atoms with Crippen LogP contribution in [0.25, 0.3) is 0 Å². The molecule has 1 aromatic heterocycles. The van der Waals surface area contributed by atoms with Gasteiger partial charge in [0.2, 0.25) is 11.8 Å². The quantitative estimate of drug-likeness (QED) is 0.833. The maximum absolute atomic E-state index is 5.84. The van der Waals surface area contributed by atoms with Crippen molar-refractivity contribution in [1.82, 2.24) is 9.97 Å². The molecule has 0 saturated carbocycles. The van der Waals surface area contributed by atoms with Crippen molar-refractivity contribution in [2.24, 2.45) is 5.41 Å². The summed E-state index contributed by atoms with van der Waals surface area (Å²) in [5.74, 6) is 1.67. The number of anilines is 1. The van der Waals surface area contributed by atoms with Gasteiger partial charge in [-0.25, -0.2) is 4.98 Å². The van der Waals surface area contributed by atoms with Crippen LogP contribution in [-0.4, -0.2) is 29.0 Å². The van der Waals surface area contributed by atoms with Crippen molar-refractivity contribution in [2.75, 3.05) is 18.3 Å². The molecule has 1 rings (SSSR count). The smallest absolute Gasteiger partial charge is 0.232 e. The zero-order valence-electron chi connectivity index (χ0n) is 11.1. The third-order valence-corrected chi connectivity index (χ3v) is 3.41. The van der Waals surface area contributed by atoms with Gasteiger partial charge in [-0.15, -0.1) is 11.6 Å². The molecule has 0 radical (unpaired) electrons. The first-order chi connectivity index (χ1) is 8.38. The summed E-state index contributed by atoms with van der Waals surface area (Å²) in [5, 5.41) is 3.31. The highest BCUT2D eigenvalue weighted by molar-refractivity contribution is 9.10. The van der Waals surface area contributed by atoms with E-state index in [1.54, 1.807) is 13.3 Å². The van der Waals surface area contributed by atoms with Crippen LogP contribution in [-0.2, 0) is 0 Å². The van der Waals surface area contributed by atoms with Crippen LogP contribution in [0, 0.1) is 5.41 Å². The average Bonchev–Trinajstić information content (AvgIpc) is 2.29. The highest BCUT2D eigenvalue weighted by atomic mass is 79.9. The fraction of sp³-hybridized carbons (Fsp3) is 0.667. The van der Waals surface area contributed by atoms with Crippen molar-refractivity contribution in [3.8, 4) is 5.88 Å². The largest absolute Gasteiger partial charge is 0.480 e. The molecular formula is C12H19BrClN3O. The number of halogens is 2. The number of nitrogens with zero attached hydrogens (tertiary/aromatic N) is 2. The molecule has 6 heteroatoms. The molecule has 0 aliphatic carbocycles. The van der Waals surface area contributed by atoms with E-state index in [1.807, 2.05) is 0 Å². The molecule has 0 aromatic carbocycles. The molecule has 0 spiro atoms. The summed E-state index contributed by atoms with van der Waals surface area (Å²) >= 11 is 9.17. The molecule has 1 N–H and O–H groups in total. The molecule has 18 heavy (non-hydrogen) atoms. The van der Waals surface area contributed by atoms with Crippen LogP contribution in [0.15, 0.2) is 10.7 Å². The first kappa shape index (κ1) is 15.5. The van der Waals surface area contributed by atoms with Crippen molar-refractivity contribution in [3.63, 3.8) is 0 Å². The lowest BCUT2D eigenvalue weighted by Crippen LogP contribution is -2.35. The lowest BCUT2D eigenvalue weighted by Gasteiger charge is -2.31. The predicted octanol–water partition coefficient (Wildman–Crippen LogP) is 3.70. The van der Waals surface area contributed by atoms with Gasteiger partial charge in [-0.05, 0) is 27.8 Å². The van der Waals surface area contributed by atoms with Crippen molar-refractivity contribution >= 4 is 33.5 Å². The molecule has 0 amide bonds. The number of hydrogen-bond donors (Lipinski definition) is 1. The van der Waals surface area contributed by atoms with Crippen LogP contribution >= 0.6 is 27.5 Å². The first-order valence-corrected chi connectivity index (χ1v) is 7.10. The highest BCUT2D eigenvalue weighted by Gasteiger charge is 2.24. The molecular weight excluding hydrogens is 318 g/mol. The Morgan fingerprint density at radius 1 is 1.50 bits per heavy atom. The van der Waals surface area contributed by atoms with Gasteiger partial charge in [0.1, 0.15) is 0 Å². The van der Waals surface area contributed by atoms with Gasteiger partial charge in [-0.3, -0.25) is 0 Å². The Morgan fingerprint density at radius 3 is 2.67 bits per heavy atom. The Balaban J connectivity index is 2.87. The SMILES string of the molecule is COc1nc(NC(CCCl)C(C)(C)C)ncc1Br. The minimum atomic E-state index is 0.0819. The lowest BCUT2D eigenvalue weighted by molar-refractivity contribution is 0.332. The van der Waals surface area contributed by atoms with Crippen LogP contribution in [0.2, 0.25) is 0 Å². The Morgan fingerprint density at radius 2 is 2.17 bits per heavy atom. The van der Waals surface area contributed by atoms with Crippen molar-refractivity contribution < 1.29 is 4.74 Å². The summed E-state index contributed by atoms with van der Waals surface area (Å²) in [6.45, 7) is 6.48. The summed E-state index contributed by atoms with van der Waals surface area (Å²) in [6, 6.07) is 0.209. The summed E-state index contributed by atoms with van der Waals surface area (Å²) in [7, 11) is 1.58. The van der Waals surface area contributed by atoms with Gasteiger partial charge in [-0.1, -0.05) is 20.8 Å². The van der Waals surface area contributed by atoms with E-state index < -0.39 is 0 Å². The van der Waals surface area contributed by atoms with Crippen LogP contribution in [0.1, 0.15) is 27.2 Å². The predicted molar refractivity (Wildman–Crippen MR) is 78.5 cm³/mol. The molecule has 102 valence electrons. The van der Waals surface area contributed by atoms with E-state index in [9.17, 15) is 0 Å². The van der Waals surface area contributed by atoms with E-state index in [0.717, 1.165) is 10.9 Å². The second-order valence-electron chi connectivity index (χ2n) is 5.09. The zero-order chi connectivity index (χ0) is 13.8. The normalized spacial score (nSPS) is 13.2. The standard InChI is InChI=1S/C12H19BrClN3O/c1-12(2,3)9(5-6-14)16-11-15-7-8(13)10(17-11)18-4/h7,9H,5-6H2,1-4H3,(H,15,16,17). The van der Waals surface area contributed by atoms with Gasteiger partial charge >= 0.3 is 0 Å². The number of aromatic nitrogens is 2. The van der Waals surface area contributed by atoms with E-state index in [-0.39, 0.29) is 11.5 Å². The monoisotopic (exact) mass is 335 g/mol. The summed E-state index contributed by atoms with van der Waals surface area (Å²) in [5.41, 5.74) is 0.0819. The number of methoxy groups -OCH3 is 1. The second-order valence-corrected chi connectivity index (χ2v) is 6.32. The minimum Gasteiger partial charge on any atom is -0.480 e. The average molecular weight is 337 g/mol. The Hall–Kier alpha value is -0.550. The van der Waals surface area contributed by atoms with E-state index >= 15 is 0 Å². The number of nitrogens with one attached hydrogen (secondary N) is 1. The van der Waals surface area contributed by atoms with E-state index in [0.29, 0.717) is 17.7 Å². The molecule has 0 aliphatic heterocycles. The van der Waals surface area contributed by atoms with Gasteiger partial charge in [0, 0.05) is 11.9 Å². The maximum atomic E-state index is 5.84. The Bertz CT molecular complexity index is 395. The molecule has 0 bridgehead atoms. The van der Waals surface area contributed by atoms with Gasteiger partial charge in [0.15, 0.2) is 0 Å². The van der Waals surface area contributed by atoms with Crippen molar-refractivity contribution in [2.45, 2.75) is 33.2 Å². The maximum Gasteiger partial charge on any atom is 0.232 e. The molecule has 1 heterocycles. The van der Waals surface area contributed by atoms with Crippen LogP contribution in [0.3, 0.4) is 0 Å². The number of rotatable bonds is 5. The summed E-state index contributed by atoms with van der Waals surface area (Å²) in [4.78, 5) is 8.52. The van der Waals surface area contributed by atoms with Crippen LogP contribution in [0.5, 0.6) is 5.88 Å². The zero-order valence-corrected chi connectivity index (χ0v) is 13.5. The number of hydrogen-bond acceptors (Lipinski definition) is 4. The third-order valence-electron chi connectivity index (χ3n) is 2.65.